The number of benzene rings is 1. The number of hydrogen-bond acceptors (Lipinski definition) is 1. The molecule has 60 valence electrons. The first-order valence-corrected chi connectivity index (χ1v) is 2.94. The highest BCUT2D eigenvalue weighted by atomic mass is 35.5. The predicted molar refractivity (Wildman–Crippen MR) is 49.2 cm³/mol. The molecule has 0 spiro atoms. The summed E-state index contributed by atoms with van der Waals surface area (Å²) in [4.78, 5) is 3.83. The zero-order valence-electron chi connectivity index (χ0n) is 5.90. The molecule has 11 heavy (non-hydrogen) atoms. The van der Waals surface area contributed by atoms with Crippen molar-refractivity contribution in [3.05, 3.63) is 30.3 Å². The Kier molecular flexibility index (Phi) is 4.07. The van der Waals surface area contributed by atoms with Crippen LogP contribution in [0.3, 0.4) is 0 Å². The zero-order valence-corrected chi connectivity index (χ0v) is 6.71. The number of aliphatic imine (C=N–C) groups is 1. The van der Waals surface area contributed by atoms with Gasteiger partial charge in [-0.15, -0.1) is 12.4 Å². The van der Waals surface area contributed by atoms with Gasteiger partial charge in [0.25, 0.3) is 0 Å². The van der Waals surface area contributed by atoms with E-state index in [0.717, 1.165) is 5.69 Å². The maximum absolute atomic E-state index is 5.15. The van der Waals surface area contributed by atoms with Crippen LogP contribution in [0.4, 0.5) is 5.69 Å². The summed E-state index contributed by atoms with van der Waals surface area (Å²) in [6.45, 7) is 0. The minimum Gasteiger partial charge on any atom is -0.370 e. The third-order valence-electron chi connectivity index (χ3n) is 1.01. The van der Waals surface area contributed by atoms with Crippen molar-refractivity contribution in [3.8, 4) is 0 Å². The number of guanidine groups is 1. The molecule has 0 heterocycles. The molecule has 1 rings (SSSR count). The first kappa shape index (κ1) is 9.78. The predicted octanol–water partition coefficient (Wildman–Crippen LogP) is 1.01. The van der Waals surface area contributed by atoms with E-state index in [4.69, 9.17) is 11.5 Å². The van der Waals surface area contributed by atoms with Gasteiger partial charge in [0.15, 0.2) is 5.96 Å². The summed E-state index contributed by atoms with van der Waals surface area (Å²) in [6.07, 6.45) is 0. The van der Waals surface area contributed by atoms with Gasteiger partial charge in [-0.05, 0) is 12.1 Å². The second-order valence-corrected chi connectivity index (χ2v) is 1.87. The molecule has 1 aromatic rings. The van der Waals surface area contributed by atoms with E-state index in [2.05, 4.69) is 4.99 Å². The van der Waals surface area contributed by atoms with Gasteiger partial charge in [-0.25, -0.2) is 4.99 Å². The van der Waals surface area contributed by atoms with Crippen molar-refractivity contribution in [1.82, 2.24) is 0 Å². The number of nitrogens with zero attached hydrogens (tertiary/aromatic N) is 1. The fourth-order valence-electron chi connectivity index (χ4n) is 0.652. The van der Waals surface area contributed by atoms with Crippen LogP contribution in [-0.2, 0) is 0 Å². The van der Waals surface area contributed by atoms with E-state index in [1.807, 2.05) is 30.3 Å². The summed E-state index contributed by atoms with van der Waals surface area (Å²) in [5, 5.41) is 0. The van der Waals surface area contributed by atoms with Crippen LogP contribution in [-0.4, -0.2) is 5.96 Å². The third-order valence-corrected chi connectivity index (χ3v) is 1.01. The lowest BCUT2D eigenvalue weighted by Crippen LogP contribution is -2.21. The van der Waals surface area contributed by atoms with E-state index in [1.165, 1.54) is 0 Å². The van der Waals surface area contributed by atoms with Crippen molar-refractivity contribution in [3.63, 3.8) is 0 Å². The fraction of sp³-hybridized carbons (Fsp3) is 0. The molecule has 4 N–H and O–H groups in total. The van der Waals surface area contributed by atoms with E-state index in [-0.39, 0.29) is 18.4 Å². The van der Waals surface area contributed by atoms with Crippen LogP contribution < -0.4 is 11.5 Å². The molecule has 0 bridgehead atoms. The molecule has 0 amide bonds. The van der Waals surface area contributed by atoms with Crippen molar-refractivity contribution >= 4 is 24.1 Å². The van der Waals surface area contributed by atoms with Crippen molar-refractivity contribution in [2.24, 2.45) is 16.5 Å². The smallest absolute Gasteiger partial charge is 0.191 e. The average Bonchev–Trinajstić information content (AvgIpc) is 1.88. The minimum atomic E-state index is 0. The number of hydrogen-bond donors (Lipinski definition) is 2. The zero-order chi connectivity index (χ0) is 7.40. The number of rotatable bonds is 1. The topological polar surface area (TPSA) is 64.4 Å². The van der Waals surface area contributed by atoms with Gasteiger partial charge in [0.1, 0.15) is 0 Å². The summed E-state index contributed by atoms with van der Waals surface area (Å²) in [7, 11) is 0. The molecule has 4 heteroatoms. The van der Waals surface area contributed by atoms with Crippen LogP contribution in [0.2, 0.25) is 0 Å². The van der Waals surface area contributed by atoms with Gasteiger partial charge in [-0.3, -0.25) is 0 Å². The van der Waals surface area contributed by atoms with Gasteiger partial charge in [0.2, 0.25) is 0 Å². The summed E-state index contributed by atoms with van der Waals surface area (Å²) in [5.41, 5.74) is 11.1. The van der Waals surface area contributed by atoms with E-state index in [0.29, 0.717) is 0 Å². The normalized spacial score (nSPS) is 8.00. The Hall–Kier alpha value is -1.22. The Bertz CT molecular complexity index is 229. The van der Waals surface area contributed by atoms with E-state index >= 15 is 0 Å². The maximum atomic E-state index is 5.15. The molecule has 0 aliphatic heterocycles. The number of nitrogens with two attached hydrogens (primary N) is 2. The maximum Gasteiger partial charge on any atom is 0.191 e. The Balaban J connectivity index is 0.000001000. The molecule has 0 saturated heterocycles. The lowest BCUT2D eigenvalue weighted by Gasteiger charge is -1.91. The molecule has 3 nitrogen and oxygen atoms in total. The largest absolute Gasteiger partial charge is 0.370 e. The Morgan fingerprint density at radius 3 is 2.09 bits per heavy atom. The first-order valence-electron chi connectivity index (χ1n) is 2.94. The van der Waals surface area contributed by atoms with Gasteiger partial charge in [-0.2, -0.15) is 0 Å². The minimum absolute atomic E-state index is 0. The molecular formula is C7H10ClN3. The standard InChI is InChI=1S/C7H9N3.ClH/c8-7(9)10-6-4-2-1-3-5-6;/h1-5H,(H4,8,9,10);1H. The second-order valence-electron chi connectivity index (χ2n) is 1.87. The molecule has 0 radical (unpaired) electrons. The van der Waals surface area contributed by atoms with Crippen LogP contribution >= 0.6 is 12.4 Å². The van der Waals surface area contributed by atoms with Crippen LogP contribution in [0.15, 0.2) is 35.3 Å². The van der Waals surface area contributed by atoms with Crippen molar-refractivity contribution < 1.29 is 0 Å². The quantitative estimate of drug-likeness (QED) is 0.490. The van der Waals surface area contributed by atoms with Gasteiger partial charge < -0.3 is 11.5 Å². The highest BCUT2D eigenvalue weighted by Crippen LogP contribution is 2.07. The highest BCUT2D eigenvalue weighted by Gasteiger charge is 1.83. The third kappa shape index (κ3) is 3.47. The second kappa shape index (κ2) is 4.57. The summed E-state index contributed by atoms with van der Waals surface area (Å²) in [6, 6.07) is 9.33. The Labute approximate surface area is 71.5 Å². The molecule has 0 aromatic heterocycles. The molecule has 0 saturated carbocycles. The molecule has 0 unspecified atom stereocenters. The first-order chi connectivity index (χ1) is 4.79. The van der Waals surface area contributed by atoms with Crippen molar-refractivity contribution in [2.75, 3.05) is 0 Å². The number of halogens is 1. The summed E-state index contributed by atoms with van der Waals surface area (Å²) in [5.74, 6) is 0.0891. The van der Waals surface area contributed by atoms with Crippen LogP contribution in [0.1, 0.15) is 0 Å². The molecule has 1 aromatic carbocycles. The van der Waals surface area contributed by atoms with Crippen LogP contribution in [0, 0.1) is 0 Å². The van der Waals surface area contributed by atoms with E-state index in [1.54, 1.807) is 0 Å². The summed E-state index contributed by atoms with van der Waals surface area (Å²) >= 11 is 0. The van der Waals surface area contributed by atoms with E-state index in [9.17, 15) is 0 Å². The summed E-state index contributed by atoms with van der Waals surface area (Å²) < 4.78 is 0. The molecule has 0 atom stereocenters. The Morgan fingerprint density at radius 2 is 1.64 bits per heavy atom. The monoisotopic (exact) mass is 171 g/mol. The lowest BCUT2D eigenvalue weighted by molar-refractivity contribution is 1.42. The average molecular weight is 172 g/mol. The molecule has 0 fully saturated rings. The van der Waals surface area contributed by atoms with Gasteiger partial charge in [-0.1, -0.05) is 18.2 Å². The van der Waals surface area contributed by atoms with Gasteiger partial charge in [0, 0.05) is 0 Å². The molecular weight excluding hydrogens is 162 g/mol. The van der Waals surface area contributed by atoms with Crippen molar-refractivity contribution in [1.29, 1.82) is 0 Å². The van der Waals surface area contributed by atoms with Crippen molar-refractivity contribution in [2.45, 2.75) is 0 Å². The SMILES string of the molecule is Cl.NC(N)=Nc1ccccc1. The fourth-order valence-corrected chi connectivity index (χ4v) is 0.652. The van der Waals surface area contributed by atoms with Gasteiger partial charge in [0.05, 0.1) is 5.69 Å². The Morgan fingerprint density at radius 1 is 1.09 bits per heavy atom. The van der Waals surface area contributed by atoms with Crippen LogP contribution in [0.5, 0.6) is 0 Å². The molecule has 0 aliphatic carbocycles. The lowest BCUT2D eigenvalue weighted by atomic mass is 10.3. The number of para-hydroxylation sites is 1. The van der Waals surface area contributed by atoms with E-state index < -0.39 is 0 Å². The van der Waals surface area contributed by atoms with Crippen LogP contribution in [0.25, 0.3) is 0 Å². The highest BCUT2D eigenvalue weighted by molar-refractivity contribution is 5.85. The van der Waals surface area contributed by atoms with Gasteiger partial charge >= 0.3 is 0 Å². The molecule has 0 aliphatic rings.